The molecule has 0 aromatic rings. The molecule has 0 rings (SSSR count). The number of amides is 9. The van der Waals surface area contributed by atoms with E-state index in [0.29, 0.717) is 25.8 Å². The van der Waals surface area contributed by atoms with Crippen molar-refractivity contribution in [1.82, 2.24) is 42.5 Å². The number of aliphatic hydroxyl groups excluding tert-OH is 2. The predicted octanol–water partition coefficient (Wildman–Crippen LogP) is -2.05. The van der Waals surface area contributed by atoms with Crippen LogP contribution in [-0.2, 0) is 52.6 Å². The molecule has 0 spiro atoms. The van der Waals surface area contributed by atoms with Gasteiger partial charge in [-0.15, -0.1) is 0 Å². The second-order valence-electron chi connectivity index (χ2n) is 17.3. The molecule has 0 aromatic heterocycles. The zero-order valence-electron chi connectivity index (χ0n) is 42.2. The number of hydrogen-bond acceptors (Lipinski definition) is 14. The molecular formula is C46H86N12O13. The summed E-state index contributed by atoms with van der Waals surface area (Å²) >= 11 is 0. The number of rotatable bonds is 44. The fraction of sp³-hybridized carbons (Fsp3) is 0.783. The molecule has 0 fully saturated rings. The van der Waals surface area contributed by atoms with Crippen LogP contribution in [0.1, 0.15) is 143 Å². The molecule has 71 heavy (non-hydrogen) atoms. The number of nitrogens with two attached hydrogens (primary N) is 3. The molecule has 0 unspecified atom stereocenters. The third-order valence-corrected chi connectivity index (χ3v) is 11.0. The second-order valence-corrected chi connectivity index (χ2v) is 17.3. The first-order valence-corrected chi connectivity index (χ1v) is 25.0. The average molecular weight is 1020 g/mol. The minimum Gasteiger partial charge on any atom is -0.394 e. The first kappa shape index (κ1) is 65.3. The van der Waals surface area contributed by atoms with Crippen LogP contribution in [0.5, 0.6) is 0 Å². The molecule has 408 valence electrons. The first-order chi connectivity index (χ1) is 33.9. The Kier molecular flexibility index (Phi) is 37.7. The summed E-state index contributed by atoms with van der Waals surface area (Å²) in [6, 6.07) is -7.42. The summed E-state index contributed by atoms with van der Waals surface area (Å²) in [5.41, 5.74) is 16.1. The molecule has 0 saturated carbocycles. The Bertz CT molecular complexity index is 1620. The van der Waals surface area contributed by atoms with E-state index < -0.39 is 116 Å². The number of hydrogen-bond donors (Lipinski definition) is 14. The smallest absolute Gasteiger partial charge is 0.246 e. The third-order valence-electron chi connectivity index (χ3n) is 11.0. The minimum absolute atomic E-state index is 0.0320. The number of nitrogens with one attached hydrogen (secondary N) is 9. The van der Waals surface area contributed by atoms with Crippen molar-refractivity contribution in [1.29, 1.82) is 5.41 Å². The highest BCUT2D eigenvalue weighted by Gasteiger charge is 2.33. The van der Waals surface area contributed by atoms with Gasteiger partial charge in [0.2, 0.25) is 53.2 Å². The van der Waals surface area contributed by atoms with E-state index in [1.807, 2.05) is 6.92 Å². The number of carbonyl (C=O) groups excluding carboxylic acids is 9. The lowest BCUT2D eigenvalue weighted by Crippen LogP contribution is -2.60. The minimum atomic E-state index is -1.69. The van der Waals surface area contributed by atoms with Crippen LogP contribution in [0, 0.1) is 5.41 Å². The standard InChI is InChI=1S/C46H86N12O13/c1-4-6-8-9-10-11-12-13-14-15-16-20-37(62)51-24-25-70-26-27-71-30-39(64)53-28-38(63)58-40(31(3)60)45(69)56-34(21-22-36(47)61)43(67)55-33(19-17-23-52-46(49)50)42(66)57-35(29-59)44(68)54-32(41(48)65)18-7-5-2/h31-35,40,59-60H,4-30H2,1-3H3,(H2,47,61)(H2,48,65)(H,51,62)(H,53,64)(H,54,68)(H,55,67)(H,56,69)(H,57,66)(H,58,63)(H4,49,50,52)/t31-,32+,33+,34+,35+,40+/m1/s1. The summed E-state index contributed by atoms with van der Waals surface area (Å²) in [7, 11) is 0. The summed E-state index contributed by atoms with van der Waals surface area (Å²) in [5, 5.41) is 47.2. The maximum atomic E-state index is 13.7. The van der Waals surface area contributed by atoms with Gasteiger partial charge in [0.25, 0.3) is 0 Å². The Hall–Kier alpha value is -5.66. The topological polar surface area (TPSA) is 411 Å². The second kappa shape index (κ2) is 41.0. The lowest BCUT2D eigenvalue weighted by atomic mass is 10.1. The number of carbonyl (C=O) groups is 9. The van der Waals surface area contributed by atoms with Gasteiger partial charge in [-0.25, -0.2) is 0 Å². The zero-order valence-corrected chi connectivity index (χ0v) is 42.2. The van der Waals surface area contributed by atoms with Gasteiger partial charge in [0.15, 0.2) is 5.96 Å². The van der Waals surface area contributed by atoms with Crippen molar-refractivity contribution in [3.63, 3.8) is 0 Å². The zero-order chi connectivity index (χ0) is 53.4. The van der Waals surface area contributed by atoms with Crippen molar-refractivity contribution < 1.29 is 62.8 Å². The van der Waals surface area contributed by atoms with E-state index in [2.05, 4.69) is 49.5 Å². The molecular weight excluding hydrogens is 929 g/mol. The van der Waals surface area contributed by atoms with Gasteiger partial charge in [-0.2, -0.15) is 0 Å². The molecule has 25 nitrogen and oxygen atoms in total. The molecule has 0 saturated heterocycles. The van der Waals surface area contributed by atoms with Gasteiger partial charge in [0.1, 0.15) is 36.8 Å². The van der Waals surface area contributed by atoms with Crippen LogP contribution in [0.2, 0.25) is 0 Å². The van der Waals surface area contributed by atoms with Crippen molar-refractivity contribution in [3.05, 3.63) is 0 Å². The summed E-state index contributed by atoms with van der Waals surface area (Å²) in [4.78, 5) is 115. The molecule has 6 atom stereocenters. The maximum absolute atomic E-state index is 13.7. The maximum Gasteiger partial charge on any atom is 0.246 e. The van der Waals surface area contributed by atoms with Gasteiger partial charge >= 0.3 is 0 Å². The lowest BCUT2D eigenvalue weighted by Gasteiger charge is -2.27. The van der Waals surface area contributed by atoms with Gasteiger partial charge < -0.3 is 79.4 Å². The van der Waals surface area contributed by atoms with Crippen LogP contribution in [0.25, 0.3) is 0 Å². The number of guanidine groups is 1. The Labute approximate surface area is 418 Å². The van der Waals surface area contributed by atoms with Crippen molar-refractivity contribution in [3.8, 4) is 0 Å². The van der Waals surface area contributed by atoms with Crippen molar-refractivity contribution >= 4 is 59.1 Å². The van der Waals surface area contributed by atoms with E-state index in [-0.39, 0.29) is 57.5 Å². The van der Waals surface area contributed by atoms with Crippen LogP contribution in [0.15, 0.2) is 0 Å². The Morgan fingerprint density at radius 2 is 1.04 bits per heavy atom. The number of aliphatic hydroxyl groups is 2. The summed E-state index contributed by atoms with van der Waals surface area (Å²) in [6.07, 6.45) is 12.7. The molecule has 0 aliphatic rings. The fourth-order valence-corrected chi connectivity index (χ4v) is 6.86. The summed E-state index contributed by atoms with van der Waals surface area (Å²) < 4.78 is 10.7. The van der Waals surface area contributed by atoms with Crippen LogP contribution in [0.4, 0.5) is 0 Å². The highest BCUT2D eigenvalue weighted by Crippen LogP contribution is 2.12. The molecule has 0 aliphatic carbocycles. The Morgan fingerprint density at radius 3 is 1.61 bits per heavy atom. The van der Waals surface area contributed by atoms with E-state index in [1.165, 1.54) is 58.3 Å². The molecule has 17 N–H and O–H groups in total. The molecule has 0 radical (unpaired) electrons. The van der Waals surface area contributed by atoms with Gasteiger partial charge in [-0.05, 0) is 39.0 Å². The third kappa shape index (κ3) is 34.3. The highest BCUT2D eigenvalue weighted by atomic mass is 16.5. The Morgan fingerprint density at radius 1 is 0.521 bits per heavy atom. The number of primary amides is 2. The number of ether oxygens (including phenoxy) is 2. The van der Waals surface area contributed by atoms with E-state index >= 15 is 0 Å². The normalized spacial score (nSPS) is 13.5. The van der Waals surface area contributed by atoms with Crippen LogP contribution in [-0.4, -0.2) is 158 Å². The van der Waals surface area contributed by atoms with E-state index in [1.54, 1.807) is 0 Å². The molecule has 0 aliphatic heterocycles. The van der Waals surface area contributed by atoms with E-state index in [9.17, 15) is 53.4 Å². The van der Waals surface area contributed by atoms with E-state index in [0.717, 1.165) is 19.3 Å². The molecule has 9 amide bonds. The van der Waals surface area contributed by atoms with Gasteiger partial charge in [0.05, 0.1) is 39.1 Å². The molecule has 0 heterocycles. The van der Waals surface area contributed by atoms with Crippen molar-refractivity contribution in [2.75, 3.05) is 52.7 Å². The largest absolute Gasteiger partial charge is 0.394 e. The summed E-state index contributed by atoms with van der Waals surface area (Å²) in [6.45, 7) is 4.10. The van der Waals surface area contributed by atoms with Crippen molar-refractivity contribution in [2.45, 2.75) is 179 Å². The van der Waals surface area contributed by atoms with Gasteiger partial charge in [-0.3, -0.25) is 48.6 Å². The summed E-state index contributed by atoms with van der Waals surface area (Å²) in [5.74, 6) is -7.70. The van der Waals surface area contributed by atoms with Gasteiger partial charge in [0, 0.05) is 25.9 Å². The lowest BCUT2D eigenvalue weighted by molar-refractivity contribution is -0.136. The fourth-order valence-electron chi connectivity index (χ4n) is 6.86. The first-order valence-electron chi connectivity index (χ1n) is 25.0. The van der Waals surface area contributed by atoms with Gasteiger partial charge in [-0.1, -0.05) is 90.9 Å². The molecule has 0 bridgehead atoms. The quantitative estimate of drug-likeness (QED) is 0.0178. The predicted molar refractivity (Wildman–Crippen MR) is 263 cm³/mol. The highest BCUT2D eigenvalue weighted by molar-refractivity contribution is 5.97. The molecule has 25 heteroatoms. The SMILES string of the molecule is CCCCCCCCCCCCCC(=O)NCCOCCOCC(=O)NCC(=O)N[C@H](C(=O)N[C@@H](CCC(N)=O)C(=O)N[C@@H](CCCNC(=N)N)C(=O)N[C@@H](CO)C(=O)N[C@@H](CCCC)C(N)=O)[C@@H](C)O. The van der Waals surface area contributed by atoms with Crippen LogP contribution in [0.3, 0.4) is 0 Å². The Balaban J connectivity index is 5.14. The average Bonchev–Trinajstić information content (AvgIpc) is 3.32. The van der Waals surface area contributed by atoms with E-state index in [4.69, 9.17) is 32.1 Å². The molecule has 0 aromatic carbocycles. The monoisotopic (exact) mass is 1010 g/mol. The van der Waals surface area contributed by atoms with Crippen molar-refractivity contribution in [2.24, 2.45) is 17.2 Å². The van der Waals surface area contributed by atoms with Crippen LogP contribution >= 0.6 is 0 Å². The number of unbranched alkanes of at least 4 members (excludes halogenated alkanes) is 11. The van der Waals surface area contributed by atoms with Crippen LogP contribution < -0.4 is 59.7 Å².